The number of carbonyl (C=O) groups is 3. The first kappa shape index (κ1) is 23.6. The lowest BCUT2D eigenvalue weighted by atomic mass is 9.89. The average molecular weight is 468 g/mol. The Morgan fingerprint density at radius 2 is 2.03 bits per heavy atom. The number of nitrogens with zero attached hydrogens (tertiary/aromatic N) is 4. The topological polar surface area (TPSA) is 160 Å². The van der Waals surface area contributed by atoms with Crippen molar-refractivity contribution < 1.29 is 32.6 Å². The van der Waals surface area contributed by atoms with Crippen LogP contribution in [0, 0.1) is 0 Å². The van der Waals surface area contributed by atoms with Crippen LogP contribution in [0.25, 0.3) is 5.65 Å². The van der Waals surface area contributed by atoms with Crippen molar-refractivity contribution in [2.24, 2.45) is 0 Å². The summed E-state index contributed by atoms with van der Waals surface area (Å²) in [6, 6.07) is 3.13. The van der Waals surface area contributed by atoms with Crippen molar-refractivity contribution in [2.75, 3.05) is 31.7 Å². The van der Waals surface area contributed by atoms with E-state index in [1.807, 2.05) is 0 Å². The molecule has 2 aromatic heterocycles. The van der Waals surface area contributed by atoms with Gasteiger partial charge >= 0.3 is 0 Å². The minimum Gasteiger partial charge on any atom is -0.483 e. The van der Waals surface area contributed by atoms with Gasteiger partial charge in [-0.05, 0) is 18.6 Å². The number of methoxy groups -OCH3 is 1. The van der Waals surface area contributed by atoms with Crippen LogP contribution in [0.4, 0.5) is 0 Å². The molecule has 13 heteroatoms. The van der Waals surface area contributed by atoms with Crippen LogP contribution in [-0.2, 0) is 24.2 Å². The largest absolute Gasteiger partial charge is 0.483 e. The average Bonchev–Trinajstić information content (AvgIpc) is 3.36. The molecule has 174 valence electrons. The first-order valence-corrected chi connectivity index (χ1v) is 11.8. The van der Waals surface area contributed by atoms with Gasteiger partial charge in [0.2, 0.25) is 0 Å². The van der Waals surface area contributed by atoms with Crippen LogP contribution in [0.15, 0.2) is 24.5 Å². The molecule has 4 rings (SSSR count). The van der Waals surface area contributed by atoms with Crippen LogP contribution in [0.2, 0.25) is 0 Å². The van der Waals surface area contributed by atoms with Gasteiger partial charge in [-0.2, -0.15) is 5.10 Å². The van der Waals surface area contributed by atoms with Crippen molar-refractivity contribution in [1.29, 1.82) is 0 Å². The second kappa shape index (κ2) is 9.61. The number of hydrogen-bond donors (Lipinski definition) is 2. The minimum absolute atomic E-state index is 0.0373. The number of likely N-dealkylation sites (tertiary alicyclic amines) is 1. The van der Waals surface area contributed by atoms with Gasteiger partial charge in [0.1, 0.15) is 5.60 Å². The molecule has 2 amide bonds. The monoisotopic (exact) mass is 467 g/mol. The zero-order chi connectivity index (χ0) is 23.4. The van der Waals surface area contributed by atoms with Crippen molar-refractivity contribution in [3.63, 3.8) is 0 Å². The number of sulfone groups is 1. The van der Waals surface area contributed by atoms with E-state index in [1.165, 1.54) is 17.8 Å². The van der Waals surface area contributed by atoms with Gasteiger partial charge in [0.25, 0.3) is 18.3 Å². The molecule has 2 aromatic rings. The highest BCUT2D eigenvalue weighted by molar-refractivity contribution is 7.91. The summed E-state index contributed by atoms with van der Waals surface area (Å²) in [5, 5.41) is 13.9. The number of aromatic nitrogens is 3. The highest BCUT2D eigenvalue weighted by Gasteiger charge is 2.44. The van der Waals surface area contributed by atoms with E-state index < -0.39 is 15.4 Å². The van der Waals surface area contributed by atoms with Crippen LogP contribution in [-0.4, -0.2) is 94.7 Å². The zero-order valence-electron chi connectivity index (χ0n) is 17.5. The lowest BCUT2D eigenvalue weighted by Gasteiger charge is -2.39. The Kier molecular flexibility index (Phi) is 7.09. The number of hydrogen-bond acceptors (Lipinski definition) is 8. The predicted octanol–water partition coefficient (Wildman–Crippen LogP) is -0.645. The number of ether oxygens (including phenoxy) is 1. The Balaban J connectivity index is 0.000000913. The van der Waals surface area contributed by atoms with Crippen molar-refractivity contribution in [3.05, 3.63) is 30.2 Å². The minimum atomic E-state index is -3.08. The molecule has 0 saturated carbocycles. The van der Waals surface area contributed by atoms with Gasteiger partial charge in [0.05, 0.1) is 17.7 Å². The number of piperidine rings is 1. The van der Waals surface area contributed by atoms with Gasteiger partial charge < -0.3 is 20.1 Å². The molecular formula is C19H25N5O7S. The number of imidazole rings is 1. The van der Waals surface area contributed by atoms with E-state index in [0.29, 0.717) is 43.7 Å². The Bertz CT molecular complexity index is 1090. The van der Waals surface area contributed by atoms with E-state index >= 15 is 0 Å². The molecule has 0 aromatic carbocycles. The summed E-state index contributed by atoms with van der Waals surface area (Å²) in [7, 11) is -1.61. The molecule has 0 radical (unpaired) electrons. The fraction of sp³-hybridized carbons (Fsp3) is 0.526. The zero-order valence-corrected chi connectivity index (χ0v) is 18.3. The fourth-order valence-corrected chi connectivity index (χ4v) is 5.63. The Morgan fingerprint density at radius 1 is 1.34 bits per heavy atom. The standard InChI is InChI=1S/C18H23N5O5S.CH2O2/c1-28-18(17(25)21-13-4-10-29(26,27)12-13)5-8-22(9-6-18)16(24)14-11-19-15-3-2-7-20-23(14)15;2-1-3/h2-3,7,11,13H,4-6,8-10,12H2,1H3,(H,21,25);1H,(H,2,3). The number of rotatable bonds is 4. The summed E-state index contributed by atoms with van der Waals surface area (Å²) in [5.74, 6) is -0.466. The molecule has 32 heavy (non-hydrogen) atoms. The van der Waals surface area contributed by atoms with Crippen LogP contribution >= 0.6 is 0 Å². The van der Waals surface area contributed by atoms with E-state index in [-0.39, 0.29) is 35.8 Å². The molecule has 2 aliphatic rings. The smallest absolute Gasteiger partial charge is 0.290 e. The molecule has 2 N–H and O–H groups in total. The molecule has 0 aliphatic carbocycles. The molecule has 4 heterocycles. The highest BCUT2D eigenvalue weighted by Crippen LogP contribution is 2.28. The number of carboxylic acid groups (broad SMARTS) is 1. The summed E-state index contributed by atoms with van der Waals surface area (Å²) >= 11 is 0. The predicted molar refractivity (Wildman–Crippen MR) is 112 cm³/mol. The van der Waals surface area contributed by atoms with Crippen LogP contribution in [0.5, 0.6) is 0 Å². The maximum Gasteiger partial charge on any atom is 0.290 e. The van der Waals surface area contributed by atoms with Gasteiger partial charge in [-0.3, -0.25) is 14.4 Å². The summed E-state index contributed by atoms with van der Waals surface area (Å²) in [5.41, 5.74) is -0.114. The molecule has 2 fully saturated rings. The van der Waals surface area contributed by atoms with E-state index in [9.17, 15) is 18.0 Å². The van der Waals surface area contributed by atoms with Gasteiger partial charge in [-0.15, -0.1) is 0 Å². The van der Waals surface area contributed by atoms with Crippen LogP contribution in [0.1, 0.15) is 29.8 Å². The number of nitrogens with one attached hydrogen (secondary N) is 1. The van der Waals surface area contributed by atoms with Crippen LogP contribution in [0.3, 0.4) is 0 Å². The van der Waals surface area contributed by atoms with Gasteiger partial charge in [-0.25, -0.2) is 17.9 Å². The first-order chi connectivity index (χ1) is 15.2. The molecule has 2 saturated heterocycles. The van der Waals surface area contributed by atoms with E-state index in [1.54, 1.807) is 23.2 Å². The molecule has 12 nitrogen and oxygen atoms in total. The van der Waals surface area contributed by atoms with E-state index in [2.05, 4.69) is 15.4 Å². The Labute approximate surface area is 184 Å². The van der Waals surface area contributed by atoms with E-state index in [4.69, 9.17) is 14.6 Å². The molecular weight excluding hydrogens is 442 g/mol. The number of fused-ring (bicyclic) bond motifs is 1. The summed E-state index contributed by atoms with van der Waals surface area (Å²) < 4.78 is 30.3. The lowest BCUT2D eigenvalue weighted by molar-refractivity contribution is -0.149. The fourth-order valence-electron chi connectivity index (χ4n) is 3.96. The number of amides is 2. The third-order valence-electron chi connectivity index (χ3n) is 5.73. The SMILES string of the molecule is COC1(C(=O)NC2CCS(=O)(=O)C2)CCN(C(=O)c2cnc3cccnn23)CC1.O=CO. The second-order valence-electron chi connectivity index (χ2n) is 7.61. The van der Waals surface area contributed by atoms with Crippen molar-refractivity contribution in [2.45, 2.75) is 30.9 Å². The summed E-state index contributed by atoms with van der Waals surface area (Å²) in [4.78, 5) is 40.0. The third-order valence-corrected chi connectivity index (χ3v) is 7.50. The maximum absolute atomic E-state index is 12.9. The summed E-state index contributed by atoms with van der Waals surface area (Å²) in [6.45, 7) is 0.423. The van der Waals surface area contributed by atoms with Crippen molar-refractivity contribution >= 4 is 33.8 Å². The third kappa shape index (κ3) is 4.88. The molecule has 2 aliphatic heterocycles. The maximum atomic E-state index is 12.9. The lowest BCUT2D eigenvalue weighted by Crippen LogP contribution is -2.57. The van der Waals surface area contributed by atoms with Crippen LogP contribution < -0.4 is 5.32 Å². The van der Waals surface area contributed by atoms with E-state index in [0.717, 1.165) is 0 Å². The van der Waals surface area contributed by atoms with Gasteiger partial charge in [0.15, 0.2) is 21.2 Å². The Hall–Kier alpha value is -3.06. The Morgan fingerprint density at radius 3 is 2.62 bits per heavy atom. The van der Waals surface area contributed by atoms with Crippen molar-refractivity contribution in [1.82, 2.24) is 24.8 Å². The van der Waals surface area contributed by atoms with Gasteiger partial charge in [0, 0.05) is 45.3 Å². The number of carbonyl (C=O) groups excluding carboxylic acids is 2. The molecule has 0 bridgehead atoms. The van der Waals surface area contributed by atoms with Gasteiger partial charge in [-0.1, -0.05) is 0 Å². The molecule has 1 unspecified atom stereocenters. The highest BCUT2D eigenvalue weighted by atomic mass is 32.2. The summed E-state index contributed by atoms with van der Waals surface area (Å²) in [6.07, 6.45) is 4.15. The first-order valence-electron chi connectivity index (χ1n) is 9.97. The molecule has 1 atom stereocenters. The van der Waals surface area contributed by atoms with Crippen molar-refractivity contribution in [3.8, 4) is 0 Å². The molecule has 0 spiro atoms. The second-order valence-corrected chi connectivity index (χ2v) is 9.84. The quantitative estimate of drug-likeness (QED) is 0.557. The normalized spacial score (nSPS) is 21.4.